The van der Waals surface area contributed by atoms with Gasteiger partial charge in [-0.25, -0.2) is 0 Å². The second kappa shape index (κ2) is 9.02. The predicted octanol–water partition coefficient (Wildman–Crippen LogP) is 2.30. The number of carbonyl (C=O) groups is 2. The predicted molar refractivity (Wildman–Crippen MR) is 114 cm³/mol. The Morgan fingerprint density at radius 3 is 2.63 bits per heavy atom. The normalized spacial score (nSPS) is 14.2. The number of hydrogen-bond acceptors (Lipinski definition) is 4. The first-order chi connectivity index (χ1) is 14.2. The molecule has 3 rings (SSSR count). The van der Waals surface area contributed by atoms with Crippen LogP contribution in [-0.2, 0) is 11.3 Å². The Balaban J connectivity index is 1.65. The average molecular weight is 406 g/mol. The average Bonchev–Trinajstić information content (AvgIpc) is 2.73. The molecule has 6 heteroatoms. The molecule has 0 aliphatic carbocycles. The van der Waals surface area contributed by atoms with Gasteiger partial charge in [0, 0.05) is 30.8 Å². The van der Waals surface area contributed by atoms with Crippen molar-refractivity contribution >= 4 is 11.8 Å². The Morgan fingerprint density at radius 1 is 1.17 bits per heavy atom. The number of methoxy groups -OCH3 is 1. The number of piperazine rings is 1. The molecule has 0 spiro atoms. The number of hydrogen-bond donors (Lipinski definition) is 1. The fourth-order valence-corrected chi connectivity index (χ4v) is 3.18. The summed E-state index contributed by atoms with van der Waals surface area (Å²) in [5.41, 5.74) is 1.00. The third-order valence-electron chi connectivity index (χ3n) is 4.74. The molecule has 0 aromatic heterocycles. The van der Waals surface area contributed by atoms with Gasteiger partial charge in [-0.15, -0.1) is 0 Å². The van der Waals surface area contributed by atoms with Gasteiger partial charge in [-0.2, -0.15) is 0 Å². The molecule has 1 aliphatic heterocycles. The van der Waals surface area contributed by atoms with Crippen molar-refractivity contribution in [3.05, 3.63) is 65.2 Å². The maximum atomic E-state index is 12.9. The van der Waals surface area contributed by atoms with Gasteiger partial charge >= 0.3 is 0 Å². The largest absolute Gasteiger partial charge is 0.497 e. The van der Waals surface area contributed by atoms with Gasteiger partial charge in [-0.1, -0.05) is 30.0 Å². The van der Waals surface area contributed by atoms with Crippen LogP contribution >= 0.6 is 0 Å². The van der Waals surface area contributed by atoms with Gasteiger partial charge in [-0.3, -0.25) is 9.59 Å². The molecule has 2 amide bonds. The standard InChI is InChI=1S/C24H26N2O4/c1-24(2,29)11-10-18-6-4-8-20(14-18)23(28)26-13-12-25(22(27)17-26)16-19-7-5-9-21(15-19)30-3/h4-9,14-15,29H,12-13,16-17H2,1-3H3. The van der Waals surface area contributed by atoms with Gasteiger partial charge in [0.2, 0.25) is 5.91 Å². The number of benzene rings is 2. The van der Waals surface area contributed by atoms with Crippen molar-refractivity contribution in [1.82, 2.24) is 9.80 Å². The van der Waals surface area contributed by atoms with Gasteiger partial charge in [0.05, 0.1) is 7.11 Å². The molecule has 30 heavy (non-hydrogen) atoms. The zero-order chi connectivity index (χ0) is 21.7. The molecule has 0 saturated carbocycles. The highest BCUT2D eigenvalue weighted by Crippen LogP contribution is 2.17. The van der Waals surface area contributed by atoms with Crippen molar-refractivity contribution < 1.29 is 19.4 Å². The molecule has 1 N–H and O–H groups in total. The van der Waals surface area contributed by atoms with Crippen LogP contribution in [0.25, 0.3) is 0 Å². The number of aliphatic hydroxyl groups is 1. The fourth-order valence-electron chi connectivity index (χ4n) is 3.18. The van der Waals surface area contributed by atoms with Crippen molar-refractivity contribution in [1.29, 1.82) is 0 Å². The summed E-state index contributed by atoms with van der Waals surface area (Å²) in [4.78, 5) is 28.8. The summed E-state index contributed by atoms with van der Waals surface area (Å²) in [5, 5.41) is 9.75. The molecule has 1 heterocycles. The maximum absolute atomic E-state index is 12.9. The molecule has 0 atom stereocenters. The van der Waals surface area contributed by atoms with Crippen molar-refractivity contribution in [3.63, 3.8) is 0 Å². The van der Waals surface area contributed by atoms with Crippen molar-refractivity contribution in [2.45, 2.75) is 26.0 Å². The number of rotatable bonds is 4. The summed E-state index contributed by atoms with van der Waals surface area (Å²) in [6, 6.07) is 14.6. The summed E-state index contributed by atoms with van der Waals surface area (Å²) in [6.45, 7) is 4.67. The first-order valence-electron chi connectivity index (χ1n) is 9.81. The van der Waals surface area contributed by atoms with E-state index >= 15 is 0 Å². The molecule has 0 radical (unpaired) electrons. The van der Waals surface area contributed by atoms with Crippen LogP contribution in [0.4, 0.5) is 0 Å². The Labute approximate surface area is 177 Å². The van der Waals surface area contributed by atoms with Crippen LogP contribution in [-0.4, -0.2) is 59.1 Å². The minimum absolute atomic E-state index is 0.0440. The van der Waals surface area contributed by atoms with E-state index in [9.17, 15) is 14.7 Å². The summed E-state index contributed by atoms with van der Waals surface area (Å²) < 4.78 is 5.23. The van der Waals surface area contributed by atoms with E-state index in [1.807, 2.05) is 24.3 Å². The van der Waals surface area contributed by atoms with Crippen LogP contribution in [0.5, 0.6) is 5.75 Å². The summed E-state index contributed by atoms with van der Waals surface area (Å²) in [7, 11) is 1.61. The minimum atomic E-state index is -1.11. The third-order valence-corrected chi connectivity index (χ3v) is 4.74. The van der Waals surface area contributed by atoms with Crippen LogP contribution in [0.1, 0.15) is 35.3 Å². The monoisotopic (exact) mass is 406 g/mol. The molecule has 2 aromatic carbocycles. The Bertz CT molecular complexity index is 998. The van der Waals surface area contributed by atoms with E-state index in [4.69, 9.17) is 4.74 Å². The molecule has 2 aromatic rings. The van der Waals surface area contributed by atoms with Crippen LogP contribution in [0.3, 0.4) is 0 Å². The highest BCUT2D eigenvalue weighted by molar-refractivity contribution is 5.97. The Morgan fingerprint density at radius 2 is 1.93 bits per heavy atom. The van der Waals surface area contributed by atoms with Gasteiger partial charge in [0.1, 0.15) is 17.9 Å². The van der Waals surface area contributed by atoms with E-state index < -0.39 is 5.60 Å². The number of nitrogens with zero attached hydrogens (tertiary/aromatic N) is 2. The Kier molecular flexibility index (Phi) is 6.43. The lowest BCUT2D eigenvalue weighted by atomic mass is 10.1. The van der Waals surface area contributed by atoms with Crippen LogP contribution in [0, 0.1) is 11.8 Å². The second-order valence-electron chi connectivity index (χ2n) is 7.78. The van der Waals surface area contributed by atoms with Crippen LogP contribution in [0.2, 0.25) is 0 Å². The molecule has 156 valence electrons. The highest BCUT2D eigenvalue weighted by atomic mass is 16.5. The molecule has 1 fully saturated rings. The minimum Gasteiger partial charge on any atom is -0.497 e. The number of amides is 2. The molecule has 1 saturated heterocycles. The lowest BCUT2D eigenvalue weighted by Crippen LogP contribution is -2.51. The van der Waals surface area contributed by atoms with E-state index in [0.29, 0.717) is 30.8 Å². The molecular weight excluding hydrogens is 380 g/mol. The fraction of sp³-hybridized carbons (Fsp3) is 0.333. The zero-order valence-corrected chi connectivity index (χ0v) is 17.5. The molecular formula is C24H26N2O4. The Hall–Kier alpha value is -3.30. The molecule has 6 nitrogen and oxygen atoms in total. The van der Waals surface area contributed by atoms with E-state index in [0.717, 1.165) is 11.3 Å². The maximum Gasteiger partial charge on any atom is 0.254 e. The highest BCUT2D eigenvalue weighted by Gasteiger charge is 2.27. The third kappa shape index (κ3) is 5.62. The van der Waals surface area contributed by atoms with Crippen molar-refractivity contribution in [2.75, 3.05) is 26.7 Å². The summed E-state index contributed by atoms with van der Waals surface area (Å²) in [5.74, 6) is 6.08. The van der Waals surface area contributed by atoms with E-state index in [1.54, 1.807) is 55.0 Å². The first-order valence-corrected chi connectivity index (χ1v) is 9.81. The smallest absolute Gasteiger partial charge is 0.254 e. The number of carbonyl (C=O) groups excluding carboxylic acids is 2. The van der Waals surface area contributed by atoms with Gasteiger partial charge in [0.25, 0.3) is 5.91 Å². The lowest BCUT2D eigenvalue weighted by Gasteiger charge is -2.34. The van der Waals surface area contributed by atoms with E-state index in [1.165, 1.54) is 0 Å². The quantitative estimate of drug-likeness (QED) is 0.791. The van der Waals surface area contributed by atoms with Gasteiger partial charge < -0.3 is 19.6 Å². The van der Waals surface area contributed by atoms with Crippen molar-refractivity contribution in [2.24, 2.45) is 0 Å². The van der Waals surface area contributed by atoms with Crippen LogP contribution < -0.4 is 4.74 Å². The summed E-state index contributed by atoms with van der Waals surface area (Å²) >= 11 is 0. The van der Waals surface area contributed by atoms with E-state index in [-0.39, 0.29) is 18.4 Å². The molecule has 0 bridgehead atoms. The topological polar surface area (TPSA) is 70.1 Å². The molecule has 0 unspecified atom stereocenters. The van der Waals surface area contributed by atoms with E-state index in [2.05, 4.69) is 11.8 Å². The zero-order valence-electron chi connectivity index (χ0n) is 17.5. The lowest BCUT2D eigenvalue weighted by molar-refractivity contribution is -0.135. The second-order valence-corrected chi connectivity index (χ2v) is 7.78. The SMILES string of the molecule is COc1cccc(CN2CCN(C(=O)c3cccc(C#CC(C)(C)O)c3)CC2=O)c1. The van der Waals surface area contributed by atoms with Gasteiger partial charge in [-0.05, 0) is 49.7 Å². The summed E-state index contributed by atoms with van der Waals surface area (Å²) in [6.07, 6.45) is 0. The number of ether oxygens (including phenoxy) is 1. The first kappa shape index (κ1) is 21.4. The van der Waals surface area contributed by atoms with Crippen molar-refractivity contribution in [3.8, 4) is 17.6 Å². The van der Waals surface area contributed by atoms with Gasteiger partial charge in [0.15, 0.2) is 0 Å². The van der Waals surface area contributed by atoms with Crippen LogP contribution in [0.15, 0.2) is 48.5 Å². The molecule has 1 aliphatic rings.